The predicted octanol–water partition coefficient (Wildman–Crippen LogP) is 3.96. The maximum atomic E-state index is 13.5. The van der Waals surface area contributed by atoms with E-state index in [9.17, 15) is 4.39 Å². The summed E-state index contributed by atoms with van der Waals surface area (Å²) < 4.78 is 14.3. The zero-order valence-electron chi connectivity index (χ0n) is 12.9. The lowest BCUT2D eigenvalue weighted by Gasteiger charge is -2.31. The van der Waals surface area contributed by atoms with Crippen LogP contribution >= 0.6 is 15.9 Å². The number of nitrogens with one attached hydrogen (secondary N) is 1. The van der Waals surface area contributed by atoms with Crippen LogP contribution in [0.3, 0.4) is 0 Å². The molecule has 1 saturated heterocycles. The van der Waals surface area contributed by atoms with Crippen molar-refractivity contribution in [1.29, 1.82) is 0 Å². The molecule has 4 rings (SSSR count). The highest BCUT2D eigenvalue weighted by atomic mass is 79.9. The number of benzene rings is 1. The molecule has 1 unspecified atom stereocenters. The van der Waals surface area contributed by atoms with Crippen molar-refractivity contribution in [2.45, 2.75) is 44.1 Å². The maximum absolute atomic E-state index is 13.5. The summed E-state index contributed by atoms with van der Waals surface area (Å²) in [6.45, 7) is 2.76. The van der Waals surface area contributed by atoms with Gasteiger partial charge in [-0.05, 0) is 56.0 Å². The highest BCUT2D eigenvalue weighted by molar-refractivity contribution is 9.10. The molecule has 2 aromatic rings. The van der Waals surface area contributed by atoms with E-state index in [1.54, 1.807) is 6.07 Å². The second-order valence-corrected chi connectivity index (χ2v) is 7.62. The summed E-state index contributed by atoms with van der Waals surface area (Å²) in [7, 11) is 0. The van der Waals surface area contributed by atoms with Gasteiger partial charge >= 0.3 is 0 Å². The summed E-state index contributed by atoms with van der Waals surface area (Å²) in [6.07, 6.45) is 4.74. The van der Waals surface area contributed by atoms with Crippen LogP contribution in [0.2, 0.25) is 0 Å². The monoisotopic (exact) mass is 378 g/mol. The highest BCUT2D eigenvalue weighted by Crippen LogP contribution is 2.38. The van der Waals surface area contributed by atoms with Gasteiger partial charge in [-0.1, -0.05) is 15.9 Å². The molecule has 1 atom stereocenters. The number of rotatable bonds is 4. The van der Waals surface area contributed by atoms with Crippen LogP contribution in [-0.2, 0) is 6.54 Å². The van der Waals surface area contributed by atoms with Gasteiger partial charge in [0.25, 0.3) is 0 Å². The van der Waals surface area contributed by atoms with E-state index >= 15 is 0 Å². The standard InChI is InChI=1S/C17H20BrFN4/c18-14-6-11(7-15(19)8-14)9-23-5-1-2-13(10-23)17-20-16(21-22-17)12-3-4-12/h6-8,12-13H,1-5,9-10H2,(H,20,21,22). The van der Waals surface area contributed by atoms with E-state index in [4.69, 9.17) is 4.98 Å². The summed E-state index contributed by atoms with van der Waals surface area (Å²) >= 11 is 3.37. The van der Waals surface area contributed by atoms with Crippen LogP contribution in [-0.4, -0.2) is 33.2 Å². The summed E-state index contributed by atoms with van der Waals surface area (Å²) in [4.78, 5) is 7.08. The Labute approximate surface area is 143 Å². The molecule has 23 heavy (non-hydrogen) atoms. The number of aromatic nitrogens is 3. The van der Waals surface area contributed by atoms with Crippen molar-refractivity contribution in [2.24, 2.45) is 0 Å². The molecule has 6 heteroatoms. The first-order valence-corrected chi connectivity index (χ1v) is 9.06. The Morgan fingerprint density at radius 3 is 2.87 bits per heavy atom. The molecule has 1 aromatic carbocycles. The quantitative estimate of drug-likeness (QED) is 0.875. The minimum atomic E-state index is -0.189. The first kappa shape index (κ1) is 15.3. The fraction of sp³-hybridized carbons (Fsp3) is 0.529. The Morgan fingerprint density at radius 1 is 1.22 bits per heavy atom. The smallest absolute Gasteiger partial charge is 0.155 e. The molecule has 4 nitrogen and oxygen atoms in total. The third-order valence-corrected chi connectivity index (χ3v) is 5.14. The largest absolute Gasteiger partial charge is 0.298 e. The van der Waals surface area contributed by atoms with Gasteiger partial charge in [-0.15, -0.1) is 0 Å². The van der Waals surface area contributed by atoms with Gasteiger partial charge in [0.15, 0.2) is 5.82 Å². The number of piperidine rings is 1. The van der Waals surface area contributed by atoms with E-state index in [0.717, 1.165) is 54.2 Å². The number of nitrogens with zero attached hydrogens (tertiary/aromatic N) is 3. The molecule has 0 spiro atoms. The molecule has 1 aliphatic heterocycles. The minimum Gasteiger partial charge on any atom is -0.298 e. The number of hydrogen-bond acceptors (Lipinski definition) is 3. The molecular weight excluding hydrogens is 359 g/mol. The molecular formula is C17H20BrFN4. The van der Waals surface area contributed by atoms with Gasteiger partial charge in [0.05, 0.1) is 0 Å². The van der Waals surface area contributed by atoms with Crippen LogP contribution in [0.5, 0.6) is 0 Å². The third kappa shape index (κ3) is 3.63. The molecule has 2 fully saturated rings. The van der Waals surface area contributed by atoms with Crippen LogP contribution in [0.25, 0.3) is 0 Å². The van der Waals surface area contributed by atoms with E-state index < -0.39 is 0 Å². The molecule has 122 valence electrons. The fourth-order valence-corrected chi connectivity index (χ4v) is 3.89. The fourth-order valence-electron chi connectivity index (χ4n) is 3.38. The second kappa shape index (κ2) is 6.32. The average molecular weight is 379 g/mol. The Kier molecular flexibility index (Phi) is 4.20. The van der Waals surface area contributed by atoms with Crippen molar-refractivity contribution in [3.63, 3.8) is 0 Å². The zero-order valence-corrected chi connectivity index (χ0v) is 14.5. The van der Waals surface area contributed by atoms with Crippen LogP contribution in [0.1, 0.15) is 54.7 Å². The van der Waals surface area contributed by atoms with E-state index in [-0.39, 0.29) is 5.82 Å². The second-order valence-electron chi connectivity index (χ2n) is 6.71. The van der Waals surface area contributed by atoms with Crippen molar-refractivity contribution in [1.82, 2.24) is 20.1 Å². The van der Waals surface area contributed by atoms with Gasteiger partial charge in [0.1, 0.15) is 11.6 Å². The van der Waals surface area contributed by atoms with Crippen molar-refractivity contribution in [3.8, 4) is 0 Å². The Balaban J connectivity index is 1.43. The third-order valence-electron chi connectivity index (χ3n) is 4.68. The lowest BCUT2D eigenvalue weighted by Crippen LogP contribution is -2.34. The molecule has 0 radical (unpaired) electrons. The molecule has 0 amide bonds. The SMILES string of the molecule is Fc1cc(Br)cc(CN2CCCC(c3n[nH]c(C4CC4)n3)C2)c1. The lowest BCUT2D eigenvalue weighted by molar-refractivity contribution is 0.196. The zero-order chi connectivity index (χ0) is 15.8. The molecule has 1 saturated carbocycles. The Hall–Kier alpha value is -1.27. The Bertz CT molecular complexity index is 677. The minimum absolute atomic E-state index is 0.189. The summed E-state index contributed by atoms with van der Waals surface area (Å²) in [5, 5.41) is 7.55. The van der Waals surface area contributed by atoms with Gasteiger partial charge in [-0.3, -0.25) is 10.00 Å². The van der Waals surface area contributed by atoms with Gasteiger partial charge in [0.2, 0.25) is 0 Å². The number of likely N-dealkylation sites (tertiary alicyclic amines) is 1. The molecule has 1 aromatic heterocycles. The lowest BCUT2D eigenvalue weighted by atomic mass is 9.97. The average Bonchev–Trinajstić information content (AvgIpc) is 3.24. The molecule has 1 aliphatic carbocycles. The van der Waals surface area contributed by atoms with Gasteiger partial charge in [-0.2, -0.15) is 5.10 Å². The summed E-state index contributed by atoms with van der Waals surface area (Å²) in [5.41, 5.74) is 1.01. The number of hydrogen-bond donors (Lipinski definition) is 1. The van der Waals surface area contributed by atoms with Gasteiger partial charge in [-0.25, -0.2) is 9.37 Å². The van der Waals surface area contributed by atoms with Crippen LogP contribution in [0, 0.1) is 5.82 Å². The molecule has 1 N–H and O–H groups in total. The van der Waals surface area contributed by atoms with Crippen molar-refractivity contribution in [2.75, 3.05) is 13.1 Å². The first-order chi connectivity index (χ1) is 11.2. The van der Waals surface area contributed by atoms with Crippen LogP contribution in [0.4, 0.5) is 4.39 Å². The maximum Gasteiger partial charge on any atom is 0.155 e. The highest BCUT2D eigenvalue weighted by Gasteiger charge is 2.30. The van der Waals surface area contributed by atoms with E-state index in [1.807, 2.05) is 6.07 Å². The summed E-state index contributed by atoms with van der Waals surface area (Å²) in [5.74, 6) is 2.82. The number of H-pyrrole nitrogens is 1. The van der Waals surface area contributed by atoms with Crippen molar-refractivity contribution >= 4 is 15.9 Å². The van der Waals surface area contributed by atoms with E-state index in [1.165, 1.54) is 18.9 Å². The van der Waals surface area contributed by atoms with Gasteiger partial charge < -0.3 is 0 Å². The number of aromatic amines is 1. The predicted molar refractivity (Wildman–Crippen MR) is 89.7 cm³/mol. The van der Waals surface area contributed by atoms with Crippen LogP contribution in [0.15, 0.2) is 22.7 Å². The normalized spacial score (nSPS) is 22.4. The summed E-state index contributed by atoms with van der Waals surface area (Å²) in [6, 6.07) is 5.10. The Morgan fingerprint density at radius 2 is 2.09 bits per heavy atom. The molecule has 2 aliphatic rings. The van der Waals surface area contributed by atoms with Crippen molar-refractivity contribution < 1.29 is 4.39 Å². The molecule has 0 bridgehead atoms. The van der Waals surface area contributed by atoms with E-state index in [2.05, 4.69) is 31.0 Å². The first-order valence-electron chi connectivity index (χ1n) is 8.27. The van der Waals surface area contributed by atoms with E-state index in [0.29, 0.717) is 11.8 Å². The molecule has 2 heterocycles. The number of halogens is 2. The van der Waals surface area contributed by atoms with Crippen LogP contribution < -0.4 is 0 Å². The topological polar surface area (TPSA) is 44.8 Å². The van der Waals surface area contributed by atoms with Gasteiger partial charge in [0, 0.05) is 29.4 Å². The van der Waals surface area contributed by atoms with Crippen molar-refractivity contribution in [3.05, 3.63) is 45.7 Å².